The average molecular weight is 297 g/mol. The summed E-state index contributed by atoms with van der Waals surface area (Å²) in [4.78, 5) is 23.3. The van der Waals surface area contributed by atoms with Gasteiger partial charge in [-0.25, -0.2) is 9.18 Å². The van der Waals surface area contributed by atoms with E-state index in [1.165, 1.54) is 38.1 Å². The Morgan fingerprint density at radius 2 is 1.76 bits per heavy atom. The van der Waals surface area contributed by atoms with Crippen molar-refractivity contribution in [2.75, 3.05) is 0 Å². The molecular formula is C15H20FNO4. The van der Waals surface area contributed by atoms with Crippen LogP contribution in [0.5, 0.6) is 5.75 Å². The molecule has 0 aliphatic rings. The van der Waals surface area contributed by atoms with Gasteiger partial charge in [0.1, 0.15) is 17.6 Å². The molecule has 0 spiro atoms. The minimum atomic E-state index is -1.28. The number of nitrogens with one attached hydrogen (secondary N) is 1. The molecule has 0 heterocycles. The highest BCUT2D eigenvalue weighted by Gasteiger charge is 2.34. The van der Waals surface area contributed by atoms with Gasteiger partial charge >= 0.3 is 5.97 Å². The summed E-state index contributed by atoms with van der Waals surface area (Å²) in [5, 5.41) is 11.5. The molecule has 1 atom stereocenters. The van der Waals surface area contributed by atoms with Crippen molar-refractivity contribution in [3.63, 3.8) is 0 Å². The number of benzene rings is 1. The van der Waals surface area contributed by atoms with Gasteiger partial charge < -0.3 is 15.2 Å². The van der Waals surface area contributed by atoms with Crippen molar-refractivity contribution in [3.8, 4) is 5.75 Å². The first-order valence-corrected chi connectivity index (χ1v) is 6.62. The predicted molar refractivity (Wildman–Crippen MR) is 75.5 cm³/mol. The third-order valence-electron chi connectivity index (χ3n) is 2.95. The van der Waals surface area contributed by atoms with Crippen LogP contribution in [0.4, 0.5) is 4.39 Å². The Morgan fingerprint density at radius 1 is 1.24 bits per heavy atom. The van der Waals surface area contributed by atoms with Crippen LogP contribution in [-0.2, 0) is 9.59 Å². The van der Waals surface area contributed by atoms with Crippen molar-refractivity contribution in [2.45, 2.75) is 39.3 Å². The van der Waals surface area contributed by atoms with Crippen LogP contribution in [0.2, 0.25) is 0 Å². The predicted octanol–water partition coefficient (Wildman–Crippen LogP) is 2.21. The number of halogens is 1. The van der Waals surface area contributed by atoms with Gasteiger partial charge in [-0.05, 0) is 44.0 Å². The molecule has 0 aliphatic carbocycles. The summed E-state index contributed by atoms with van der Waals surface area (Å²) in [6.07, 6.45) is 0. The van der Waals surface area contributed by atoms with E-state index in [0.717, 1.165) is 0 Å². The molecule has 0 aliphatic heterocycles. The Labute approximate surface area is 123 Å². The minimum absolute atomic E-state index is 0.256. The van der Waals surface area contributed by atoms with Gasteiger partial charge in [0.05, 0.1) is 0 Å². The second-order valence-electron chi connectivity index (χ2n) is 5.60. The maximum Gasteiger partial charge on any atom is 0.326 e. The van der Waals surface area contributed by atoms with Gasteiger partial charge in [-0.1, -0.05) is 13.8 Å². The summed E-state index contributed by atoms with van der Waals surface area (Å²) in [5.41, 5.74) is -1.28. The number of aliphatic carboxylic acids is 1. The van der Waals surface area contributed by atoms with Gasteiger partial charge in [0.25, 0.3) is 5.91 Å². The first-order chi connectivity index (χ1) is 9.63. The van der Waals surface area contributed by atoms with Crippen molar-refractivity contribution in [2.24, 2.45) is 5.92 Å². The summed E-state index contributed by atoms with van der Waals surface area (Å²) < 4.78 is 18.3. The quantitative estimate of drug-likeness (QED) is 0.844. The molecule has 0 radical (unpaired) electrons. The first-order valence-electron chi connectivity index (χ1n) is 6.62. The number of hydrogen-bond acceptors (Lipinski definition) is 3. The van der Waals surface area contributed by atoms with Crippen LogP contribution in [0, 0.1) is 11.7 Å². The lowest BCUT2D eigenvalue weighted by molar-refractivity contribution is -0.146. The number of carboxylic acids is 1. The van der Waals surface area contributed by atoms with E-state index in [-0.39, 0.29) is 5.92 Å². The van der Waals surface area contributed by atoms with Crippen LogP contribution in [0.15, 0.2) is 24.3 Å². The van der Waals surface area contributed by atoms with E-state index >= 15 is 0 Å². The van der Waals surface area contributed by atoms with E-state index in [1.807, 2.05) is 0 Å². The molecule has 0 saturated carbocycles. The number of carboxylic acid groups (broad SMARTS) is 1. The minimum Gasteiger partial charge on any atom is -0.480 e. The molecular weight excluding hydrogens is 277 g/mol. The van der Waals surface area contributed by atoms with Crippen LogP contribution in [0.25, 0.3) is 0 Å². The fourth-order valence-electron chi connectivity index (χ4n) is 1.67. The second kappa shape index (κ2) is 6.56. The summed E-state index contributed by atoms with van der Waals surface area (Å²) in [7, 11) is 0. The number of ether oxygens (including phenoxy) is 1. The molecule has 1 amide bonds. The number of carbonyl (C=O) groups is 2. The van der Waals surface area contributed by atoms with Crippen LogP contribution in [0.1, 0.15) is 27.7 Å². The summed E-state index contributed by atoms with van der Waals surface area (Å²) >= 11 is 0. The molecule has 0 aromatic heterocycles. The van der Waals surface area contributed by atoms with Crippen molar-refractivity contribution < 1.29 is 23.8 Å². The molecule has 2 N–H and O–H groups in total. The lowest BCUT2D eigenvalue weighted by atomic mass is 10.0. The van der Waals surface area contributed by atoms with E-state index in [2.05, 4.69) is 5.32 Å². The third-order valence-corrected chi connectivity index (χ3v) is 2.95. The molecule has 0 bridgehead atoms. The van der Waals surface area contributed by atoms with Crippen molar-refractivity contribution in [1.29, 1.82) is 0 Å². The molecule has 116 valence electrons. The van der Waals surface area contributed by atoms with Gasteiger partial charge in [-0.15, -0.1) is 0 Å². The zero-order valence-corrected chi connectivity index (χ0v) is 12.5. The highest BCUT2D eigenvalue weighted by molar-refractivity contribution is 5.89. The topological polar surface area (TPSA) is 75.6 Å². The van der Waals surface area contributed by atoms with E-state index in [9.17, 15) is 14.0 Å². The van der Waals surface area contributed by atoms with Gasteiger partial charge in [-0.3, -0.25) is 4.79 Å². The third kappa shape index (κ3) is 4.73. The van der Waals surface area contributed by atoms with Gasteiger partial charge in [0.15, 0.2) is 5.60 Å². The normalized spacial score (nSPS) is 12.9. The largest absolute Gasteiger partial charge is 0.480 e. The molecule has 1 aromatic rings. The molecule has 5 nitrogen and oxygen atoms in total. The number of amides is 1. The second-order valence-corrected chi connectivity index (χ2v) is 5.60. The summed E-state index contributed by atoms with van der Waals surface area (Å²) in [6, 6.07) is 4.26. The number of rotatable bonds is 6. The van der Waals surface area contributed by atoms with Crippen molar-refractivity contribution in [1.82, 2.24) is 5.32 Å². The highest BCUT2D eigenvalue weighted by Crippen LogP contribution is 2.19. The van der Waals surface area contributed by atoms with Crippen molar-refractivity contribution >= 4 is 11.9 Å². The Hall–Kier alpha value is -2.11. The smallest absolute Gasteiger partial charge is 0.326 e. The fraction of sp³-hybridized carbons (Fsp3) is 0.467. The Morgan fingerprint density at radius 3 is 2.19 bits per heavy atom. The molecule has 0 saturated heterocycles. The first kappa shape index (κ1) is 16.9. The molecule has 1 aromatic carbocycles. The lowest BCUT2D eigenvalue weighted by Crippen LogP contribution is -2.53. The Balaban J connectivity index is 2.79. The Bertz CT molecular complexity index is 511. The Kier molecular flexibility index (Phi) is 5.29. The molecule has 1 rings (SSSR count). The average Bonchev–Trinajstić information content (AvgIpc) is 2.37. The van der Waals surface area contributed by atoms with E-state index in [0.29, 0.717) is 5.75 Å². The zero-order valence-electron chi connectivity index (χ0n) is 12.5. The van der Waals surface area contributed by atoms with E-state index in [4.69, 9.17) is 9.84 Å². The van der Waals surface area contributed by atoms with Gasteiger partial charge in [0.2, 0.25) is 0 Å². The maximum atomic E-state index is 12.8. The van der Waals surface area contributed by atoms with Crippen LogP contribution >= 0.6 is 0 Å². The zero-order chi connectivity index (χ0) is 16.2. The molecule has 0 fully saturated rings. The molecule has 6 heteroatoms. The number of carbonyl (C=O) groups excluding carboxylic acids is 1. The molecule has 0 unspecified atom stereocenters. The van der Waals surface area contributed by atoms with Crippen molar-refractivity contribution in [3.05, 3.63) is 30.1 Å². The summed E-state index contributed by atoms with van der Waals surface area (Å²) in [5.74, 6) is -1.99. The highest BCUT2D eigenvalue weighted by atomic mass is 19.1. The van der Waals surface area contributed by atoms with Crippen LogP contribution < -0.4 is 10.1 Å². The van der Waals surface area contributed by atoms with E-state index in [1.54, 1.807) is 13.8 Å². The monoisotopic (exact) mass is 297 g/mol. The molecule has 21 heavy (non-hydrogen) atoms. The summed E-state index contributed by atoms with van der Waals surface area (Å²) in [6.45, 7) is 6.44. The standard InChI is InChI=1S/C15H20FNO4/c1-9(2)12(13(18)19)17-14(20)15(3,4)21-11-7-5-10(16)6-8-11/h5-9,12H,1-4H3,(H,17,20)(H,18,19)/t12-/m1/s1. The fourth-order valence-corrected chi connectivity index (χ4v) is 1.67. The SMILES string of the molecule is CC(C)[C@@H](NC(=O)C(C)(C)Oc1ccc(F)cc1)C(=O)O. The lowest BCUT2D eigenvalue weighted by Gasteiger charge is -2.28. The van der Waals surface area contributed by atoms with Gasteiger partial charge in [-0.2, -0.15) is 0 Å². The van der Waals surface area contributed by atoms with Crippen LogP contribution in [-0.4, -0.2) is 28.6 Å². The number of hydrogen-bond donors (Lipinski definition) is 2. The van der Waals surface area contributed by atoms with Crippen LogP contribution in [0.3, 0.4) is 0 Å². The van der Waals surface area contributed by atoms with Gasteiger partial charge in [0, 0.05) is 0 Å². The maximum absolute atomic E-state index is 12.8. The van der Waals surface area contributed by atoms with E-state index < -0.39 is 29.3 Å².